The Bertz CT molecular complexity index is 415. The van der Waals surface area contributed by atoms with Crippen LogP contribution in [0, 0.1) is 0 Å². The van der Waals surface area contributed by atoms with Crippen LogP contribution in [0.2, 0.25) is 5.02 Å². The van der Waals surface area contributed by atoms with Crippen molar-refractivity contribution < 1.29 is 19.3 Å². The summed E-state index contributed by atoms with van der Waals surface area (Å²) in [7, 11) is 1.59. The molecule has 0 bridgehead atoms. The molecule has 1 aromatic carbocycles. The van der Waals surface area contributed by atoms with Gasteiger partial charge in [0, 0.05) is 11.6 Å². The second kappa shape index (κ2) is 9.84. The molecule has 21 heavy (non-hydrogen) atoms. The molecule has 0 saturated carbocycles. The lowest BCUT2D eigenvalue weighted by Gasteiger charge is -2.15. The molecule has 1 aromatic rings. The van der Waals surface area contributed by atoms with E-state index in [1.807, 2.05) is 13.8 Å². The van der Waals surface area contributed by atoms with Gasteiger partial charge in [0.25, 0.3) is 0 Å². The number of aliphatic hydroxyl groups excluding tert-OH is 1. The first-order valence-electron chi connectivity index (χ1n) is 6.97. The smallest absolute Gasteiger partial charge is 0.142 e. The molecule has 120 valence electrons. The highest BCUT2D eigenvalue weighted by Crippen LogP contribution is 2.27. The van der Waals surface area contributed by atoms with Crippen molar-refractivity contribution in [3.63, 3.8) is 0 Å². The van der Waals surface area contributed by atoms with Crippen molar-refractivity contribution in [3.8, 4) is 5.75 Å². The Morgan fingerprint density at radius 3 is 2.71 bits per heavy atom. The maximum atomic E-state index is 9.85. The number of ether oxygens (including phenoxy) is 3. The molecule has 0 aliphatic heterocycles. The maximum absolute atomic E-state index is 9.85. The predicted octanol–water partition coefficient (Wildman–Crippen LogP) is 2.56. The van der Waals surface area contributed by atoms with E-state index in [0.29, 0.717) is 30.5 Å². The zero-order valence-corrected chi connectivity index (χ0v) is 13.5. The average molecular weight is 318 g/mol. The minimum atomic E-state index is -0.618. The van der Waals surface area contributed by atoms with E-state index in [0.717, 1.165) is 5.69 Å². The van der Waals surface area contributed by atoms with Crippen molar-refractivity contribution in [2.24, 2.45) is 0 Å². The molecule has 1 atom stereocenters. The van der Waals surface area contributed by atoms with Crippen molar-refractivity contribution >= 4 is 17.3 Å². The van der Waals surface area contributed by atoms with E-state index in [-0.39, 0.29) is 12.7 Å². The topological polar surface area (TPSA) is 60.0 Å². The summed E-state index contributed by atoms with van der Waals surface area (Å²) in [5.41, 5.74) is 0.743. The van der Waals surface area contributed by atoms with Gasteiger partial charge in [-0.1, -0.05) is 11.6 Å². The quantitative estimate of drug-likeness (QED) is 0.649. The predicted molar refractivity (Wildman–Crippen MR) is 84.4 cm³/mol. The van der Waals surface area contributed by atoms with Crippen LogP contribution in [0.4, 0.5) is 5.69 Å². The number of aliphatic hydroxyl groups is 1. The third-order valence-corrected chi connectivity index (χ3v) is 2.91. The largest absolute Gasteiger partial charge is 0.495 e. The van der Waals surface area contributed by atoms with Gasteiger partial charge in [-0.05, 0) is 32.0 Å². The lowest BCUT2D eigenvalue weighted by atomic mass is 10.2. The molecule has 6 heteroatoms. The summed E-state index contributed by atoms with van der Waals surface area (Å²) >= 11 is 5.94. The summed E-state index contributed by atoms with van der Waals surface area (Å²) in [5, 5.41) is 13.5. The van der Waals surface area contributed by atoms with Gasteiger partial charge in [-0.15, -0.1) is 0 Å². The normalized spacial score (nSPS) is 12.5. The Labute approximate surface area is 131 Å². The molecule has 0 aliphatic rings. The number of hydrogen-bond acceptors (Lipinski definition) is 5. The number of nitrogens with one attached hydrogen (secondary N) is 1. The van der Waals surface area contributed by atoms with Crippen LogP contribution in [0.3, 0.4) is 0 Å². The number of hydrogen-bond donors (Lipinski definition) is 2. The first-order chi connectivity index (χ1) is 10.0. The molecular formula is C15H24ClNO4. The molecule has 5 nitrogen and oxygen atoms in total. The van der Waals surface area contributed by atoms with Crippen LogP contribution in [0.25, 0.3) is 0 Å². The molecule has 2 N–H and O–H groups in total. The SMILES string of the molecule is COc1ccc(Cl)cc1NCC(O)COCCOC(C)C. The lowest BCUT2D eigenvalue weighted by molar-refractivity contribution is -0.00734. The summed E-state index contributed by atoms with van der Waals surface area (Å²) in [6, 6.07) is 5.28. The molecule has 0 radical (unpaired) electrons. The summed E-state index contributed by atoms with van der Waals surface area (Å²) in [4.78, 5) is 0. The van der Waals surface area contributed by atoms with Crippen molar-refractivity contribution in [3.05, 3.63) is 23.2 Å². The summed E-state index contributed by atoms with van der Waals surface area (Å²) in [6.45, 7) is 5.53. The third-order valence-electron chi connectivity index (χ3n) is 2.68. The first-order valence-corrected chi connectivity index (χ1v) is 7.35. The molecule has 1 unspecified atom stereocenters. The fourth-order valence-corrected chi connectivity index (χ4v) is 1.84. The van der Waals surface area contributed by atoms with Gasteiger partial charge in [-0.2, -0.15) is 0 Å². The van der Waals surface area contributed by atoms with Crippen LogP contribution in [0.15, 0.2) is 18.2 Å². The molecule has 0 aromatic heterocycles. The van der Waals surface area contributed by atoms with E-state index >= 15 is 0 Å². The second-order valence-corrected chi connectivity index (χ2v) is 5.31. The monoisotopic (exact) mass is 317 g/mol. The average Bonchev–Trinajstić information content (AvgIpc) is 2.44. The number of anilines is 1. The van der Waals surface area contributed by atoms with E-state index in [2.05, 4.69) is 5.32 Å². The van der Waals surface area contributed by atoms with Gasteiger partial charge in [-0.3, -0.25) is 0 Å². The minimum absolute atomic E-state index is 0.190. The number of benzene rings is 1. The van der Waals surface area contributed by atoms with E-state index in [4.69, 9.17) is 25.8 Å². The number of rotatable bonds is 10. The van der Waals surface area contributed by atoms with Crippen molar-refractivity contribution in [2.45, 2.75) is 26.1 Å². The summed E-state index contributed by atoms with van der Waals surface area (Å²) in [6.07, 6.45) is -0.428. The second-order valence-electron chi connectivity index (χ2n) is 4.87. The zero-order valence-electron chi connectivity index (χ0n) is 12.8. The van der Waals surface area contributed by atoms with Gasteiger partial charge in [0.2, 0.25) is 0 Å². The first kappa shape index (κ1) is 18.0. The molecule has 0 spiro atoms. The maximum Gasteiger partial charge on any atom is 0.142 e. The standard InChI is InChI=1S/C15H24ClNO4/c1-11(2)21-7-6-20-10-13(18)9-17-14-8-12(16)4-5-15(14)19-3/h4-5,8,11,13,17-18H,6-7,9-10H2,1-3H3. The molecule has 0 saturated heterocycles. The Morgan fingerprint density at radius 1 is 1.29 bits per heavy atom. The van der Waals surface area contributed by atoms with E-state index in [1.54, 1.807) is 25.3 Å². The third kappa shape index (κ3) is 7.52. The Morgan fingerprint density at radius 2 is 2.05 bits per heavy atom. The fourth-order valence-electron chi connectivity index (χ4n) is 1.67. The van der Waals surface area contributed by atoms with Gasteiger partial charge in [-0.25, -0.2) is 0 Å². The van der Waals surface area contributed by atoms with Crippen molar-refractivity contribution in [2.75, 3.05) is 38.8 Å². The van der Waals surface area contributed by atoms with Crippen molar-refractivity contribution in [1.29, 1.82) is 0 Å². The van der Waals surface area contributed by atoms with Crippen LogP contribution in [0.5, 0.6) is 5.75 Å². The molecule has 0 heterocycles. The molecule has 0 aliphatic carbocycles. The van der Waals surface area contributed by atoms with Gasteiger partial charge >= 0.3 is 0 Å². The van der Waals surface area contributed by atoms with E-state index < -0.39 is 6.10 Å². The summed E-state index contributed by atoms with van der Waals surface area (Å²) in [5.74, 6) is 0.679. The lowest BCUT2D eigenvalue weighted by Crippen LogP contribution is -2.26. The zero-order chi connectivity index (χ0) is 15.7. The van der Waals surface area contributed by atoms with Crippen LogP contribution >= 0.6 is 11.6 Å². The number of halogens is 1. The van der Waals surface area contributed by atoms with E-state index in [1.165, 1.54) is 0 Å². The fraction of sp³-hybridized carbons (Fsp3) is 0.600. The van der Waals surface area contributed by atoms with Gasteiger partial charge in [0.1, 0.15) is 5.75 Å². The molecule has 1 rings (SSSR count). The van der Waals surface area contributed by atoms with E-state index in [9.17, 15) is 5.11 Å². The van der Waals surface area contributed by atoms with Crippen LogP contribution in [-0.2, 0) is 9.47 Å². The Hall–Kier alpha value is -1.01. The van der Waals surface area contributed by atoms with Crippen LogP contribution < -0.4 is 10.1 Å². The number of methoxy groups -OCH3 is 1. The van der Waals surface area contributed by atoms with Crippen LogP contribution in [0.1, 0.15) is 13.8 Å². The van der Waals surface area contributed by atoms with Crippen molar-refractivity contribution in [1.82, 2.24) is 0 Å². The molecule has 0 amide bonds. The van der Waals surface area contributed by atoms with Gasteiger partial charge in [0.15, 0.2) is 0 Å². The highest BCUT2D eigenvalue weighted by molar-refractivity contribution is 6.30. The minimum Gasteiger partial charge on any atom is -0.495 e. The van der Waals surface area contributed by atoms with Crippen LogP contribution in [-0.4, -0.2) is 50.8 Å². The highest BCUT2D eigenvalue weighted by Gasteiger charge is 2.08. The summed E-state index contributed by atoms with van der Waals surface area (Å²) < 4.78 is 15.9. The Balaban J connectivity index is 2.26. The highest BCUT2D eigenvalue weighted by atomic mass is 35.5. The molecular weight excluding hydrogens is 294 g/mol. The van der Waals surface area contributed by atoms with Gasteiger partial charge in [0.05, 0.1) is 44.8 Å². The Kier molecular flexibility index (Phi) is 8.45. The van der Waals surface area contributed by atoms with Gasteiger partial charge < -0.3 is 24.6 Å². The molecule has 0 fully saturated rings.